The largest absolute Gasteiger partial charge is 0.489 e. The van der Waals surface area contributed by atoms with Crippen LogP contribution in [0.5, 0.6) is 11.5 Å². The smallest absolute Gasteiger partial charge is 0.224 e. The van der Waals surface area contributed by atoms with Gasteiger partial charge in [-0.05, 0) is 72.3 Å². The van der Waals surface area contributed by atoms with E-state index < -0.39 is 0 Å². The van der Waals surface area contributed by atoms with Crippen molar-refractivity contribution in [2.45, 2.75) is 26.1 Å². The van der Waals surface area contributed by atoms with Crippen LogP contribution in [-0.2, 0) is 22.8 Å². The highest BCUT2D eigenvalue weighted by Gasteiger charge is 2.09. The van der Waals surface area contributed by atoms with Crippen molar-refractivity contribution >= 4 is 46.4 Å². The van der Waals surface area contributed by atoms with Crippen LogP contribution in [0, 0.1) is 0 Å². The molecule has 0 saturated carbocycles. The van der Waals surface area contributed by atoms with Gasteiger partial charge in [0.25, 0.3) is 0 Å². The predicted molar refractivity (Wildman–Crippen MR) is 151 cm³/mol. The standard InChI is InChI=1S/C30H26Cl2N2O4/c31-23-6-3-4-21(18-23)19-37-26-12-8-24(9-13-26)33-29(35)16-17-30(36)34-25-10-14-27(15-11-25)38-20-22-5-1-2-7-28(22)32/h1-15,18H,16-17,19-20H2,(H,33,35)(H,34,36). The molecular formula is C30H26Cl2N2O4. The molecule has 4 aromatic carbocycles. The first-order valence-corrected chi connectivity index (χ1v) is 12.7. The molecule has 0 aliphatic carbocycles. The molecule has 0 atom stereocenters. The summed E-state index contributed by atoms with van der Waals surface area (Å²) in [4.78, 5) is 24.6. The van der Waals surface area contributed by atoms with E-state index in [-0.39, 0.29) is 24.7 Å². The van der Waals surface area contributed by atoms with E-state index in [0.29, 0.717) is 46.1 Å². The second-order valence-electron chi connectivity index (χ2n) is 8.44. The van der Waals surface area contributed by atoms with Crippen LogP contribution in [0.1, 0.15) is 24.0 Å². The summed E-state index contributed by atoms with van der Waals surface area (Å²) in [7, 11) is 0. The Labute approximate surface area is 231 Å². The molecule has 0 radical (unpaired) electrons. The van der Waals surface area contributed by atoms with Gasteiger partial charge in [0.2, 0.25) is 11.8 Å². The van der Waals surface area contributed by atoms with Gasteiger partial charge in [-0.1, -0.05) is 53.5 Å². The Bertz CT molecular complexity index is 1380. The molecule has 0 aliphatic heterocycles. The molecule has 2 N–H and O–H groups in total. The maximum Gasteiger partial charge on any atom is 0.224 e. The van der Waals surface area contributed by atoms with E-state index in [1.807, 2.05) is 48.5 Å². The summed E-state index contributed by atoms with van der Waals surface area (Å²) >= 11 is 12.1. The van der Waals surface area contributed by atoms with Crippen LogP contribution in [-0.4, -0.2) is 11.8 Å². The monoisotopic (exact) mass is 548 g/mol. The number of anilines is 2. The summed E-state index contributed by atoms with van der Waals surface area (Å²) < 4.78 is 11.5. The van der Waals surface area contributed by atoms with Gasteiger partial charge in [-0.2, -0.15) is 0 Å². The van der Waals surface area contributed by atoms with Crippen LogP contribution < -0.4 is 20.1 Å². The molecule has 0 spiro atoms. The molecule has 0 saturated heterocycles. The van der Waals surface area contributed by atoms with Gasteiger partial charge in [0.15, 0.2) is 0 Å². The third-order valence-electron chi connectivity index (χ3n) is 5.50. The fourth-order valence-corrected chi connectivity index (χ4v) is 3.92. The van der Waals surface area contributed by atoms with E-state index in [4.69, 9.17) is 32.7 Å². The van der Waals surface area contributed by atoms with Crippen molar-refractivity contribution in [2.24, 2.45) is 0 Å². The van der Waals surface area contributed by atoms with Crippen LogP contribution in [0.2, 0.25) is 10.0 Å². The highest BCUT2D eigenvalue weighted by molar-refractivity contribution is 6.31. The van der Waals surface area contributed by atoms with Gasteiger partial charge in [-0.3, -0.25) is 9.59 Å². The summed E-state index contributed by atoms with van der Waals surface area (Å²) in [5, 5.41) is 6.89. The molecule has 0 aromatic heterocycles. The minimum absolute atomic E-state index is 0.0530. The van der Waals surface area contributed by atoms with Gasteiger partial charge >= 0.3 is 0 Å². The molecule has 6 nitrogen and oxygen atoms in total. The van der Waals surface area contributed by atoms with Crippen molar-refractivity contribution in [1.29, 1.82) is 0 Å². The molecule has 0 unspecified atom stereocenters. The fraction of sp³-hybridized carbons (Fsp3) is 0.133. The van der Waals surface area contributed by atoms with E-state index in [1.165, 1.54) is 0 Å². The average molecular weight is 549 g/mol. The zero-order chi connectivity index (χ0) is 26.7. The molecule has 8 heteroatoms. The molecule has 38 heavy (non-hydrogen) atoms. The molecule has 194 valence electrons. The second-order valence-corrected chi connectivity index (χ2v) is 9.29. The topological polar surface area (TPSA) is 76.7 Å². The lowest BCUT2D eigenvalue weighted by Gasteiger charge is -2.10. The number of carbonyl (C=O) groups excluding carboxylic acids is 2. The summed E-state index contributed by atoms with van der Waals surface area (Å²) in [6.45, 7) is 0.735. The van der Waals surface area contributed by atoms with Gasteiger partial charge in [0.1, 0.15) is 24.7 Å². The van der Waals surface area contributed by atoms with Gasteiger partial charge in [-0.25, -0.2) is 0 Å². The number of benzene rings is 4. The molecule has 0 fully saturated rings. The van der Waals surface area contributed by atoms with Crippen molar-refractivity contribution in [3.05, 3.63) is 118 Å². The van der Waals surface area contributed by atoms with Crippen LogP contribution >= 0.6 is 23.2 Å². The Kier molecular flexibility index (Phi) is 9.62. The SMILES string of the molecule is O=C(CCC(=O)Nc1ccc(OCc2ccccc2Cl)cc1)Nc1ccc(OCc2cccc(Cl)c2)cc1. The molecular weight excluding hydrogens is 523 g/mol. The summed E-state index contributed by atoms with van der Waals surface area (Å²) in [6.07, 6.45) is 0.106. The fourth-order valence-electron chi connectivity index (χ4n) is 3.51. The van der Waals surface area contributed by atoms with E-state index in [0.717, 1.165) is 11.1 Å². The Morgan fingerprint density at radius 2 is 1.18 bits per heavy atom. The lowest BCUT2D eigenvalue weighted by molar-refractivity contribution is -0.121. The lowest BCUT2D eigenvalue weighted by Crippen LogP contribution is -2.17. The highest BCUT2D eigenvalue weighted by Crippen LogP contribution is 2.21. The molecule has 0 heterocycles. The van der Waals surface area contributed by atoms with E-state index >= 15 is 0 Å². The first kappa shape index (κ1) is 27.0. The van der Waals surface area contributed by atoms with Crippen LogP contribution in [0.3, 0.4) is 0 Å². The third-order valence-corrected chi connectivity index (χ3v) is 6.11. The summed E-state index contributed by atoms with van der Waals surface area (Å²) in [5.41, 5.74) is 3.10. The van der Waals surface area contributed by atoms with E-state index in [2.05, 4.69) is 10.6 Å². The highest BCUT2D eigenvalue weighted by atomic mass is 35.5. The van der Waals surface area contributed by atoms with Gasteiger partial charge in [-0.15, -0.1) is 0 Å². The lowest BCUT2D eigenvalue weighted by atomic mass is 10.2. The zero-order valence-electron chi connectivity index (χ0n) is 20.5. The number of nitrogens with one attached hydrogen (secondary N) is 2. The first-order valence-electron chi connectivity index (χ1n) is 12.0. The van der Waals surface area contributed by atoms with Crippen LogP contribution in [0.25, 0.3) is 0 Å². The van der Waals surface area contributed by atoms with Gasteiger partial charge in [0, 0.05) is 39.8 Å². The average Bonchev–Trinajstić information content (AvgIpc) is 2.92. The maximum atomic E-state index is 12.3. The first-order chi connectivity index (χ1) is 18.4. The molecule has 4 aromatic rings. The van der Waals surface area contributed by atoms with Crippen LogP contribution in [0.4, 0.5) is 11.4 Å². The predicted octanol–water partition coefficient (Wildman–Crippen LogP) is 7.51. The Morgan fingerprint density at radius 3 is 1.74 bits per heavy atom. The van der Waals surface area contributed by atoms with E-state index in [1.54, 1.807) is 48.5 Å². The number of rotatable bonds is 11. The van der Waals surface area contributed by atoms with Gasteiger partial charge in [0.05, 0.1) is 0 Å². The van der Waals surface area contributed by atoms with Crippen molar-refractivity contribution < 1.29 is 19.1 Å². The number of amides is 2. The summed E-state index contributed by atoms with van der Waals surface area (Å²) in [5.74, 6) is 0.816. The normalized spacial score (nSPS) is 10.5. The number of halogens is 2. The van der Waals surface area contributed by atoms with E-state index in [9.17, 15) is 9.59 Å². The number of hydrogen-bond donors (Lipinski definition) is 2. The van der Waals surface area contributed by atoms with Crippen molar-refractivity contribution in [3.63, 3.8) is 0 Å². The Balaban J connectivity index is 1.16. The Morgan fingerprint density at radius 1 is 0.632 bits per heavy atom. The number of carbonyl (C=O) groups is 2. The van der Waals surface area contributed by atoms with Crippen LogP contribution in [0.15, 0.2) is 97.1 Å². The second kappa shape index (κ2) is 13.5. The van der Waals surface area contributed by atoms with Crippen molar-refractivity contribution in [3.8, 4) is 11.5 Å². The Hall–Kier alpha value is -4.00. The minimum Gasteiger partial charge on any atom is -0.489 e. The number of ether oxygens (including phenoxy) is 2. The summed E-state index contributed by atoms with van der Waals surface area (Å²) in [6, 6.07) is 29.0. The maximum absolute atomic E-state index is 12.3. The van der Waals surface area contributed by atoms with Gasteiger partial charge < -0.3 is 20.1 Å². The minimum atomic E-state index is -0.255. The number of hydrogen-bond acceptors (Lipinski definition) is 4. The molecule has 0 aliphatic rings. The molecule has 0 bridgehead atoms. The van der Waals surface area contributed by atoms with Crippen molar-refractivity contribution in [1.82, 2.24) is 0 Å². The molecule has 2 amide bonds. The zero-order valence-corrected chi connectivity index (χ0v) is 22.0. The molecule has 4 rings (SSSR count). The van der Waals surface area contributed by atoms with Crippen molar-refractivity contribution in [2.75, 3.05) is 10.6 Å². The quantitative estimate of drug-likeness (QED) is 0.203. The third kappa shape index (κ3) is 8.54.